The molecule has 9 heteroatoms. The van der Waals surface area contributed by atoms with Crippen molar-refractivity contribution in [1.82, 2.24) is 10.2 Å². The van der Waals surface area contributed by atoms with E-state index in [1.165, 1.54) is 24.0 Å². The molecule has 1 unspecified atom stereocenters. The van der Waals surface area contributed by atoms with Gasteiger partial charge >= 0.3 is 5.97 Å². The van der Waals surface area contributed by atoms with Gasteiger partial charge in [0.05, 0.1) is 11.5 Å². The molecular weight excluding hydrogens is 437 g/mol. The van der Waals surface area contributed by atoms with Gasteiger partial charge in [0, 0.05) is 25.7 Å². The van der Waals surface area contributed by atoms with Crippen LogP contribution >= 0.6 is 0 Å². The minimum absolute atomic E-state index is 0.216. The fourth-order valence-electron chi connectivity index (χ4n) is 3.60. The summed E-state index contributed by atoms with van der Waals surface area (Å²) >= 11 is 0. The van der Waals surface area contributed by atoms with E-state index in [0.717, 1.165) is 17.7 Å². The average molecular weight is 462 g/mol. The Morgan fingerprint density at radius 1 is 1.03 bits per heavy atom. The van der Waals surface area contributed by atoms with E-state index in [1.54, 1.807) is 12.1 Å². The molecular formula is C24H25F3N2O4. The molecule has 2 aromatic carbocycles. The topological polar surface area (TPSA) is 75.7 Å². The predicted octanol–water partition coefficient (Wildman–Crippen LogP) is 3.25. The van der Waals surface area contributed by atoms with Crippen LogP contribution in [-0.2, 0) is 20.7 Å². The van der Waals surface area contributed by atoms with Crippen molar-refractivity contribution in [3.8, 4) is 0 Å². The number of benzene rings is 2. The van der Waals surface area contributed by atoms with Crippen LogP contribution in [0.15, 0.2) is 42.5 Å². The molecule has 0 spiro atoms. The van der Waals surface area contributed by atoms with E-state index in [1.807, 2.05) is 0 Å². The summed E-state index contributed by atoms with van der Waals surface area (Å²) in [6, 6.07) is 8.73. The highest BCUT2D eigenvalue weighted by Gasteiger charge is 2.31. The monoisotopic (exact) mass is 462 g/mol. The van der Waals surface area contributed by atoms with Gasteiger partial charge in [0.1, 0.15) is 17.5 Å². The standard InChI is InChI=1S/C24H25F3N2O4/c1-15(22(30)28-11-8-16-2-4-18(25)5-3-16)33-24(32)17-9-12-29(13-10-17)23(31)20-7-6-19(26)14-21(20)27/h2-7,14-15,17H,8-13H2,1H3,(H,28,30). The van der Waals surface area contributed by atoms with Gasteiger partial charge in [-0.25, -0.2) is 13.2 Å². The third kappa shape index (κ3) is 6.57. The lowest BCUT2D eigenvalue weighted by molar-refractivity contribution is -0.160. The highest BCUT2D eigenvalue weighted by atomic mass is 19.1. The van der Waals surface area contributed by atoms with Crippen LogP contribution in [0.1, 0.15) is 35.7 Å². The van der Waals surface area contributed by atoms with Crippen molar-refractivity contribution >= 4 is 17.8 Å². The van der Waals surface area contributed by atoms with Crippen LogP contribution in [0, 0.1) is 23.4 Å². The minimum atomic E-state index is -0.987. The third-order valence-corrected chi connectivity index (χ3v) is 5.57. The van der Waals surface area contributed by atoms with E-state index in [9.17, 15) is 27.6 Å². The van der Waals surface area contributed by atoms with Gasteiger partial charge < -0.3 is 15.0 Å². The summed E-state index contributed by atoms with van der Waals surface area (Å²) in [5, 5.41) is 2.68. The summed E-state index contributed by atoms with van der Waals surface area (Å²) < 4.78 is 45.1. The van der Waals surface area contributed by atoms with E-state index in [0.29, 0.717) is 31.9 Å². The number of carbonyl (C=O) groups excluding carboxylic acids is 3. The van der Waals surface area contributed by atoms with Gasteiger partial charge in [-0.1, -0.05) is 12.1 Å². The van der Waals surface area contributed by atoms with Crippen molar-refractivity contribution in [2.45, 2.75) is 32.3 Å². The van der Waals surface area contributed by atoms with Crippen molar-refractivity contribution in [3.05, 3.63) is 71.0 Å². The molecule has 3 rings (SSSR count). The zero-order chi connectivity index (χ0) is 24.0. The number of nitrogens with zero attached hydrogens (tertiary/aromatic N) is 1. The first-order chi connectivity index (χ1) is 15.7. The van der Waals surface area contributed by atoms with Crippen molar-refractivity contribution in [2.75, 3.05) is 19.6 Å². The SMILES string of the molecule is CC(OC(=O)C1CCN(C(=O)c2ccc(F)cc2F)CC1)C(=O)NCCc1ccc(F)cc1. The molecule has 1 heterocycles. The van der Waals surface area contributed by atoms with Gasteiger partial charge in [-0.2, -0.15) is 0 Å². The van der Waals surface area contributed by atoms with Crippen LogP contribution in [-0.4, -0.2) is 48.4 Å². The highest BCUT2D eigenvalue weighted by molar-refractivity contribution is 5.94. The van der Waals surface area contributed by atoms with Crippen molar-refractivity contribution in [2.24, 2.45) is 5.92 Å². The number of halogens is 3. The number of rotatable bonds is 7. The summed E-state index contributed by atoms with van der Waals surface area (Å²) in [5.41, 5.74) is 0.645. The second kappa shape index (κ2) is 11.0. The number of esters is 1. The fourth-order valence-corrected chi connectivity index (χ4v) is 3.60. The normalized spacial score (nSPS) is 15.1. The Labute approximate surface area is 189 Å². The lowest BCUT2D eigenvalue weighted by Gasteiger charge is -2.31. The maximum absolute atomic E-state index is 13.9. The molecule has 0 aliphatic carbocycles. The molecule has 0 saturated carbocycles. The number of amides is 2. The number of nitrogens with one attached hydrogen (secondary N) is 1. The Kier molecular flexibility index (Phi) is 8.08. The number of piperidine rings is 1. The van der Waals surface area contributed by atoms with Crippen LogP contribution in [0.2, 0.25) is 0 Å². The first kappa shape index (κ1) is 24.3. The molecule has 1 N–H and O–H groups in total. The van der Waals surface area contributed by atoms with Crippen molar-refractivity contribution < 1.29 is 32.3 Å². The molecule has 2 aromatic rings. The Morgan fingerprint density at radius 3 is 2.30 bits per heavy atom. The molecule has 176 valence electrons. The van der Waals surface area contributed by atoms with Crippen molar-refractivity contribution in [3.63, 3.8) is 0 Å². The zero-order valence-electron chi connectivity index (χ0n) is 18.2. The summed E-state index contributed by atoms with van der Waals surface area (Å²) in [7, 11) is 0. The number of likely N-dealkylation sites (tertiary alicyclic amines) is 1. The highest BCUT2D eigenvalue weighted by Crippen LogP contribution is 2.22. The molecule has 1 atom stereocenters. The maximum atomic E-state index is 13.9. The minimum Gasteiger partial charge on any atom is -0.452 e. The van der Waals surface area contributed by atoms with Gasteiger partial charge in [0.25, 0.3) is 11.8 Å². The van der Waals surface area contributed by atoms with Crippen LogP contribution in [0.3, 0.4) is 0 Å². The summed E-state index contributed by atoms with van der Waals surface area (Å²) in [5.74, 6) is -4.04. The Morgan fingerprint density at radius 2 is 1.67 bits per heavy atom. The van der Waals surface area contributed by atoms with Crippen LogP contribution in [0.5, 0.6) is 0 Å². The van der Waals surface area contributed by atoms with Crippen LogP contribution < -0.4 is 5.32 Å². The lowest BCUT2D eigenvalue weighted by atomic mass is 9.96. The Balaban J connectivity index is 1.42. The molecule has 1 saturated heterocycles. The Hall–Kier alpha value is -3.36. The molecule has 0 radical (unpaired) electrons. The molecule has 1 aliphatic heterocycles. The number of ether oxygens (including phenoxy) is 1. The number of carbonyl (C=O) groups is 3. The first-order valence-electron chi connectivity index (χ1n) is 10.7. The second-order valence-corrected chi connectivity index (χ2v) is 7.94. The van der Waals surface area contributed by atoms with E-state index in [-0.39, 0.29) is 24.5 Å². The van der Waals surface area contributed by atoms with E-state index < -0.39 is 41.4 Å². The zero-order valence-corrected chi connectivity index (χ0v) is 18.2. The molecule has 33 heavy (non-hydrogen) atoms. The van der Waals surface area contributed by atoms with Gasteiger partial charge in [-0.3, -0.25) is 14.4 Å². The van der Waals surface area contributed by atoms with Crippen LogP contribution in [0.4, 0.5) is 13.2 Å². The predicted molar refractivity (Wildman–Crippen MR) is 114 cm³/mol. The largest absolute Gasteiger partial charge is 0.452 e. The van der Waals surface area contributed by atoms with Crippen molar-refractivity contribution in [1.29, 1.82) is 0 Å². The summed E-state index contributed by atoms with van der Waals surface area (Å²) in [4.78, 5) is 38.5. The molecule has 2 amide bonds. The number of hydrogen-bond donors (Lipinski definition) is 1. The van der Waals surface area contributed by atoms with Gasteiger partial charge in [0.15, 0.2) is 6.10 Å². The molecule has 0 bridgehead atoms. The average Bonchev–Trinajstić information content (AvgIpc) is 2.80. The third-order valence-electron chi connectivity index (χ3n) is 5.57. The maximum Gasteiger partial charge on any atom is 0.309 e. The summed E-state index contributed by atoms with van der Waals surface area (Å²) in [6.45, 7) is 2.22. The molecule has 0 aromatic heterocycles. The summed E-state index contributed by atoms with van der Waals surface area (Å²) in [6.07, 6.45) is 0.144. The van der Waals surface area contributed by atoms with Gasteiger partial charge in [0.2, 0.25) is 0 Å². The lowest BCUT2D eigenvalue weighted by Crippen LogP contribution is -2.43. The van der Waals surface area contributed by atoms with Gasteiger partial charge in [-0.05, 0) is 56.0 Å². The first-order valence-corrected chi connectivity index (χ1v) is 10.7. The molecule has 1 fully saturated rings. The number of hydrogen-bond acceptors (Lipinski definition) is 4. The quantitative estimate of drug-likeness (QED) is 0.641. The Bertz CT molecular complexity index is 1010. The van der Waals surface area contributed by atoms with E-state index in [2.05, 4.69) is 5.32 Å². The molecule has 1 aliphatic rings. The van der Waals surface area contributed by atoms with Crippen LogP contribution in [0.25, 0.3) is 0 Å². The smallest absolute Gasteiger partial charge is 0.309 e. The second-order valence-electron chi connectivity index (χ2n) is 7.94. The molecule has 6 nitrogen and oxygen atoms in total. The van der Waals surface area contributed by atoms with Gasteiger partial charge in [-0.15, -0.1) is 0 Å². The van der Waals surface area contributed by atoms with E-state index >= 15 is 0 Å². The fraction of sp³-hybridized carbons (Fsp3) is 0.375. The van der Waals surface area contributed by atoms with E-state index in [4.69, 9.17) is 4.74 Å².